The Morgan fingerprint density at radius 3 is 2.36 bits per heavy atom. The molecule has 376 valence electrons. The number of carbonyl (C=O) groups excluding carboxylic acids is 2. The Morgan fingerprint density at radius 2 is 1.64 bits per heavy atom. The van der Waals surface area contributed by atoms with E-state index in [1.807, 2.05) is 75.7 Å². The first-order valence-electron chi connectivity index (χ1n) is 24.8. The highest BCUT2D eigenvalue weighted by Gasteiger charge is 2.44. The van der Waals surface area contributed by atoms with Crippen LogP contribution >= 0.6 is 11.3 Å². The third-order valence-electron chi connectivity index (χ3n) is 14.3. The maximum atomic E-state index is 14.1. The largest absolute Gasteiger partial charge is 0.507 e. The normalized spacial score (nSPS) is 19.2. The number of para-hydroxylation sites is 1. The summed E-state index contributed by atoms with van der Waals surface area (Å²) >= 11 is 1.59. The van der Waals surface area contributed by atoms with Crippen molar-refractivity contribution in [1.29, 1.82) is 0 Å². The van der Waals surface area contributed by atoms with E-state index in [2.05, 4.69) is 35.5 Å². The number of amides is 2. The van der Waals surface area contributed by atoms with Crippen LogP contribution in [0, 0.1) is 18.3 Å². The number of benzene rings is 2. The van der Waals surface area contributed by atoms with Crippen molar-refractivity contribution in [2.24, 2.45) is 11.3 Å². The molecular formula is C52H69N9O8S. The van der Waals surface area contributed by atoms with Gasteiger partial charge < -0.3 is 54.7 Å². The smallest absolute Gasteiger partial charge is 0.254 e. The lowest BCUT2D eigenvalue weighted by atomic mass is 9.71. The molecule has 3 aliphatic heterocycles. The quantitative estimate of drug-likeness (QED) is 0.0545. The number of nitrogen functional groups attached to an aromatic ring is 1. The molecule has 2 amide bonds. The van der Waals surface area contributed by atoms with Gasteiger partial charge in [0, 0.05) is 44.3 Å². The van der Waals surface area contributed by atoms with E-state index in [-0.39, 0.29) is 55.0 Å². The molecule has 5 N–H and O–H groups in total. The molecule has 2 aromatic carbocycles. The number of hydrogen-bond donors (Lipinski definition) is 4. The molecule has 1 spiro atoms. The first-order chi connectivity index (χ1) is 33.9. The van der Waals surface area contributed by atoms with Crippen LogP contribution in [0.25, 0.3) is 21.7 Å². The number of ether oxygens (including phenoxy) is 3. The summed E-state index contributed by atoms with van der Waals surface area (Å²) in [6.45, 7) is 15.1. The lowest BCUT2D eigenvalue weighted by Crippen LogP contribution is -2.48. The van der Waals surface area contributed by atoms with Crippen LogP contribution in [-0.2, 0) is 19.1 Å². The molecule has 3 aromatic heterocycles. The zero-order valence-corrected chi connectivity index (χ0v) is 41.7. The number of phenolic OH excluding ortho intramolecular Hbond substituents is 1. The number of anilines is 2. The highest BCUT2D eigenvalue weighted by atomic mass is 32.1. The standard InChI is InChI=1S/C52H69N9O8S/c1-34(2)47(51(65)61-32-39(62)29-43(61)50(64)55-35(3)37-11-13-38(14-12-37)48-36(4)54-33-70-48)45-31-46(58-69-45)68-28-27-67-26-25-66-24-8-7-19-59-20-15-52(16-21-59)17-22-60(23-18-52)42-30-41(56-57-49(42)53)40-9-5-6-10-44(40)63/h5-6,9-14,30-31,33-35,39,43,47,62-63H,7-8,15-29,32H2,1-4H3,(H2,53,57)(H,55,64)/t35-,39+,43-,47?/m0/s1. The number of aliphatic hydroxyl groups excluding tert-OH is 1. The Balaban J connectivity index is 0.682. The number of aliphatic hydroxyl groups is 1. The molecule has 0 radical (unpaired) electrons. The molecule has 18 heteroatoms. The van der Waals surface area contributed by atoms with Gasteiger partial charge in [0.25, 0.3) is 5.88 Å². The summed E-state index contributed by atoms with van der Waals surface area (Å²) in [6.07, 6.45) is 6.07. The van der Waals surface area contributed by atoms with Crippen molar-refractivity contribution in [2.45, 2.75) is 96.7 Å². The predicted octanol–water partition coefficient (Wildman–Crippen LogP) is 7.00. The van der Waals surface area contributed by atoms with Gasteiger partial charge in [0.1, 0.15) is 24.3 Å². The van der Waals surface area contributed by atoms with E-state index >= 15 is 0 Å². The summed E-state index contributed by atoms with van der Waals surface area (Å²) in [5, 5.41) is 36.6. The van der Waals surface area contributed by atoms with Gasteiger partial charge in [-0.15, -0.1) is 21.5 Å². The average molecular weight is 980 g/mol. The number of phenols is 1. The van der Waals surface area contributed by atoms with Crippen molar-refractivity contribution in [1.82, 2.24) is 35.5 Å². The molecule has 17 nitrogen and oxygen atoms in total. The lowest BCUT2D eigenvalue weighted by molar-refractivity contribution is -0.141. The first kappa shape index (κ1) is 50.7. The summed E-state index contributed by atoms with van der Waals surface area (Å²) in [7, 11) is 0. The first-order valence-corrected chi connectivity index (χ1v) is 25.7. The molecular weight excluding hydrogens is 911 g/mol. The number of nitrogens with zero attached hydrogens (tertiary/aromatic N) is 7. The number of likely N-dealkylation sites (tertiary alicyclic amines) is 2. The van der Waals surface area contributed by atoms with Gasteiger partial charge >= 0.3 is 0 Å². The van der Waals surface area contributed by atoms with E-state index in [9.17, 15) is 19.8 Å². The SMILES string of the molecule is Cc1ncsc1-c1ccc([C@H](C)NC(=O)[C@@H]2C[C@@H](O)CN2C(=O)C(c2cc(OCCOCCOCCCCN3CCC4(CC3)CCN(c3cc(-c5ccccc5O)nnc3N)CC4)no2)C(C)C)cc1. The number of nitrogens with two attached hydrogens (primary N) is 1. The number of piperidine rings is 2. The summed E-state index contributed by atoms with van der Waals surface area (Å²) in [4.78, 5) is 39.6. The number of thiazole rings is 1. The van der Waals surface area contributed by atoms with Crippen molar-refractivity contribution in [3.05, 3.63) is 83.2 Å². The molecule has 4 atom stereocenters. The van der Waals surface area contributed by atoms with Crippen molar-refractivity contribution in [3.63, 3.8) is 0 Å². The highest BCUT2D eigenvalue weighted by molar-refractivity contribution is 7.13. The van der Waals surface area contributed by atoms with Crippen LogP contribution in [0.3, 0.4) is 0 Å². The molecule has 0 aliphatic carbocycles. The van der Waals surface area contributed by atoms with Crippen molar-refractivity contribution in [3.8, 4) is 33.3 Å². The second-order valence-corrected chi connectivity index (χ2v) is 20.3. The maximum Gasteiger partial charge on any atom is 0.254 e. The molecule has 8 rings (SSSR count). The van der Waals surface area contributed by atoms with Gasteiger partial charge in [-0.3, -0.25) is 9.59 Å². The summed E-state index contributed by atoms with van der Waals surface area (Å²) < 4.78 is 23.0. The Morgan fingerprint density at radius 1 is 0.929 bits per heavy atom. The van der Waals surface area contributed by atoms with Crippen molar-refractivity contribution >= 4 is 34.7 Å². The van der Waals surface area contributed by atoms with Crippen molar-refractivity contribution < 1.29 is 38.5 Å². The van der Waals surface area contributed by atoms with Gasteiger partial charge in [0.05, 0.1) is 59.4 Å². The van der Waals surface area contributed by atoms with Gasteiger partial charge in [-0.25, -0.2) is 4.98 Å². The topological polar surface area (TPSA) is 215 Å². The van der Waals surface area contributed by atoms with E-state index in [4.69, 9.17) is 24.5 Å². The average Bonchev–Trinajstić information content (AvgIpc) is 4.12. The number of rotatable bonds is 21. The minimum absolute atomic E-state index is 0.0484. The van der Waals surface area contributed by atoms with Crippen LogP contribution < -0.4 is 20.7 Å². The zero-order chi connectivity index (χ0) is 49.2. The number of carbonyl (C=O) groups is 2. The second kappa shape index (κ2) is 23.5. The number of unbranched alkanes of at least 4 members (excludes halogenated alkanes) is 1. The Bertz CT molecular complexity index is 2480. The molecule has 3 saturated heterocycles. The Hall–Kier alpha value is -5.66. The molecule has 3 fully saturated rings. The molecule has 5 aromatic rings. The number of aromatic hydroxyl groups is 1. The fourth-order valence-corrected chi connectivity index (χ4v) is 10.9. The van der Waals surface area contributed by atoms with Crippen LogP contribution in [-0.4, -0.2) is 137 Å². The third kappa shape index (κ3) is 12.4. The van der Waals surface area contributed by atoms with Gasteiger partial charge in [-0.2, -0.15) is 0 Å². The zero-order valence-electron chi connectivity index (χ0n) is 40.9. The molecule has 70 heavy (non-hydrogen) atoms. The van der Waals surface area contributed by atoms with E-state index < -0.39 is 18.1 Å². The Labute approximate surface area is 414 Å². The van der Waals surface area contributed by atoms with E-state index in [0.29, 0.717) is 54.7 Å². The van der Waals surface area contributed by atoms with E-state index in [1.165, 1.54) is 17.7 Å². The molecule has 0 saturated carbocycles. The number of β-amino-alcohol motifs (C(OH)–C–C–N with tert-alkyl or cyclic N) is 1. The van der Waals surface area contributed by atoms with Gasteiger partial charge in [0.2, 0.25) is 11.8 Å². The minimum atomic E-state index is -0.830. The lowest BCUT2D eigenvalue weighted by Gasteiger charge is -2.47. The summed E-state index contributed by atoms with van der Waals surface area (Å²) in [6, 6.07) is 17.6. The summed E-state index contributed by atoms with van der Waals surface area (Å²) in [5.74, 6) is -0.357. The van der Waals surface area contributed by atoms with Gasteiger partial charge in [-0.1, -0.05) is 50.2 Å². The van der Waals surface area contributed by atoms with Gasteiger partial charge in [-0.05, 0) is 118 Å². The molecule has 0 bridgehead atoms. The third-order valence-corrected chi connectivity index (χ3v) is 15.3. The van der Waals surface area contributed by atoms with Gasteiger partial charge in [0.15, 0.2) is 11.6 Å². The predicted molar refractivity (Wildman–Crippen MR) is 269 cm³/mol. The minimum Gasteiger partial charge on any atom is -0.507 e. The monoisotopic (exact) mass is 979 g/mol. The number of hydrogen-bond acceptors (Lipinski definition) is 16. The van der Waals surface area contributed by atoms with Crippen LogP contribution in [0.1, 0.15) is 94.7 Å². The number of aromatic nitrogens is 4. The Kier molecular flexibility index (Phi) is 17.0. The number of aryl methyl sites for hydroxylation is 1. The maximum absolute atomic E-state index is 14.1. The molecule has 6 heterocycles. The van der Waals surface area contributed by atoms with Crippen molar-refractivity contribution in [2.75, 3.05) is 82.9 Å². The summed E-state index contributed by atoms with van der Waals surface area (Å²) in [5.41, 5.74) is 13.6. The fraction of sp³-hybridized carbons (Fsp3) is 0.538. The van der Waals surface area contributed by atoms with E-state index in [0.717, 1.165) is 85.8 Å². The highest BCUT2D eigenvalue weighted by Crippen LogP contribution is 2.43. The van der Waals surface area contributed by atoms with Crippen LogP contribution in [0.4, 0.5) is 11.5 Å². The van der Waals surface area contributed by atoms with Crippen LogP contribution in [0.2, 0.25) is 0 Å². The molecule has 1 unspecified atom stereocenters. The van der Waals surface area contributed by atoms with Crippen LogP contribution in [0.15, 0.2) is 70.7 Å². The van der Waals surface area contributed by atoms with E-state index in [1.54, 1.807) is 29.5 Å². The number of nitrogens with one attached hydrogen (secondary N) is 1. The fourth-order valence-electron chi connectivity index (χ4n) is 10.1. The molecule has 3 aliphatic rings. The second-order valence-electron chi connectivity index (χ2n) is 19.4. The van der Waals surface area contributed by atoms with Crippen LogP contribution in [0.5, 0.6) is 11.6 Å².